The van der Waals surface area contributed by atoms with Crippen molar-refractivity contribution in [2.75, 3.05) is 31.6 Å². The Hall–Kier alpha value is -1.04. The Kier molecular flexibility index (Phi) is 11.9. The van der Waals surface area contributed by atoms with Crippen LogP contribution in [0, 0.1) is 5.92 Å². The van der Waals surface area contributed by atoms with Gasteiger partial charge >= 0.3 is 0 Å². The summed E-state index contributed by atoms with van der Waals surface area (Å²) in [5.41, 5.74) is 6.71. The first-order valence-electron chi connectivity index (χ1n) is 9.21. The number of aromatic nitrogens is 1. The summed E-state index contributed by atoms with van der Waals surface area (Å²) in [5, 5.41) is 0. The van der Waals surface area contributed by atoms with Crippen molar-refractivity contribution in [2.45, 2.75) is 52.0 Å². The molecule has 1 atom stereocenters. The van der Waals surface area contributed by atoms with E-state index in [0.717, 1.165) is 25.3 Å². The Morgan fingerprint density at radius 1 is 1.19 bits per heavy atom. The van der Waals surface area contributed by atoms with Crippen LogP contribution in [0.15, 0.2) is 18.3 Å². The van der Waals surface area contributed by atoms with Gasteiger partial charge in [-0.3, -0.25) is 4.79 Å². The monoisotopic (exact) mass is 404 g/mol. The summed E-state index contributed by atoms with van der Waals surface area (Å²) in [5.74, 6) is 1.43. The number of halogens is 2. The average Bonchev–Trinajstić information content (AvgIpc) is 2.88. The van der Waals surface area contributed by atoms with Crippen LogP contribution < -0.4 is 10.6 Å². The number of anilines is 1. The Bertz CT molecular complexity index is 517. The molecule has 1 aromatic rings. The van der Waals surface area contributed by atoms with Gasteiger partial charge in [0.1, 0.15) is 5.82 Å². The van der Waals surface area contributed by atoms with Gasteiger partial charge in [0.05, 0.1) is 5.56 Å². The molecule has 1 amide bonds. The number of nitrogens with zero attached hydrogens (tertiary/aromatic N) is 3. The molecule has 2 N–H and O–H groups in total. The van der Waals surface area contributed by atoms with E-state index in [4.69, 9.17) is 5.73 Å². The van der Waals surface area contributed by atoms with Crippen LogP contribution in [0.4, 0.5) is 5.82 Å². The van der Waals surface area contributed by atoms with E-state index in [-0.39, 0.29) is 36.8 Å². The van der Waals surface area contributed by atoms with Crippen LogP contribution in [0.5, 0.6) is 0 Å². The van der Waals surface area contributed by atoms with Gasteiger partial charge in [0, 0.05) is 38.9 Å². The summed E-state index contributed by atoms with van der Waals surface area (Å²) in [6.45, 7) is 7.02. The van der Waals surface area contributed by atoms with Gasteiger partial charge in [-0.2, -0.15) is 0 Å². The topological polar surface area (TPSA) is 62.5 Å². The fourth-order valence-electron chi connectivity index (χ4n) is 3.00. The zero-order chi connectivity index (χ0) is 17.5. The van der Waals surface area contributed by atoms with Crippen molar-refractivity contribution in [2.24, 2.45) is 11.7 Å². The molecule has 0 aromatic carbocycles. The van der Waals surface area contributed by atoms with E-state index < -0.39 is 0 Å². The van der Waals surface area contributed by atoms with Gasteiger partial charge in [-0.25, -0.2) is 4.98 Å². The second-order valence-corrected chi connectivity index (χ2v) is 7.23. The Morgan fingerprint density at radius 3 is 2.31 bits per heavy atom. The number of amides is 1. The maximum Gasteiger partial charge on any atom is 0.255 e. The lowest BCUT2D eigenvalue weighted by Gasteiger charge is -2.23. The average molecular weight is 405 g/mol. The molecule has 2 heterocycles. The summed E-state index contributed by atoms with van der Waals surface area (Å²) in [6, 6.07) is 4.00. The van der Waals surface area contributed by atoms with Gasteiger partial charge in [0.2, 0.25) is 0 Å². The van der Waals surface area contributed by atoms with Gasteiger partial charge < -0.3 is 15.5 Å². The highest BCUT2D eigenvalue weighted by Gasteiger charge is 2.16. The molecule has 1 aromatic heterocycles. The van der Waals surface area contributed by atoms with Crippen molar-refractivity contribution in [3.8, 4) is 0 Å². The molecule has 5 nitrogen and oxygen atoms in total. The molecular formula is C19H34Cl2N4O. The van der Waals surface area contributed by atoms with Crippen molar-refractivity contribution < 1.29 is 4.79 Å². The lowest BCUT2D eigenvalue weighted by molar-refractivity contribution is 0.0789. The van der Waals surface area contributed by atoms with Crippen LogP contribution >= 0.6 is 24.8 Å². The summed E-state index contributed by atoms with van der Waals surface area (Å²) < 4.78 is 0. The summed E-state index contributed by atoms with van der Waals surface area (Å²) in [7, 11) is 1.83. The predicted octanol–water partition coefficient (Wildman–Crippen LogP) is 3.75. The van der Waals surface area contributed by atoms with Gasteiger partial charge in [-0.15, -0.1) is 24.8 Å². The standard InChI is InChI=1S/C19H32N4O.2ClH/c1-15(2)17(20)10-13-22(3)19(24)16-8-9-18(21-14-16)23-11-6-4-5-7-12-23;;/h8-9,14-15,17H,4-7,10-13,20H2,1-3H3;2*1H. The molecule has 1 fully saturated rings. The molecule has 150 valence electrons. The third kappa shape index (κ3) is 7.29. The fourth-order valence-corrected chi connectivity index (χ4v) is 3.00. The number of hydrogen-bond donors (Lipinski definition) is 1. The number of carbonyl (C=O) groups is 1. The van der Waals surface area contributed by atoms with E-state index in [9.17, 15) is 4.79 Å². The van der Waals surface area contributed by atoms with E-state index in [1.54, 1.807) is 11.1 Å². The molecular weight excluding hydrogens is 371 g/mol. The Labute approximate surface area is 170 Å². The molecule has 0 bridgehead atoms. The summed E-state index contributed by atoms with van der Waals surface area (Å²) in [6.07, 6.45) is 7.58. The number of rotatable bonds is 6. The van der Waals surface area contributed by atoms with Crippen LogP contribution in [0.25, 0.3) is 0 Å². The first-order valence-corrected chi connectivity index (χ1v) is 9.21. The highest BCUT2D eigenvalue weighted by molar-refractivity contribution is 5.93. The summed E-state index contributed by atoms with van der Waals surface area (Å²) >= 11 is 0. The molecule has 7 heteroatoms. The molecule has 0 radical (unpaired) electrons. The first kappa shape index (κ1) is 25.0. The highest BCUT2D eigenvalue weighted by atomic mass is 35.5. The smallest absolute Gasteiger partial charge is 0.255 e. The van der Waals surface area contributed by atoms with Crippen molar-refractivity contribution >= 4 is 36.5 Å². The SMILES string of the molecule is CC(C)C(N)CCN(C)C(=O)c1ccc(N2CCCCCC2)nc1.Cl.Cl. The molecule has 1 unspecified atom stereocenters. The second kappa shape index (κ2) is 12.4. The minimum Gasteiger partial charge on any atom is -0.357 e. The molecule has 1 aliphatic heterocycles. The van der Waals surface area contributed by atoms with Crippen LogP contribution in [0.3, 0.4) is 0 Å². The maximum atomic E-state index is 12.5. The quantitative estimate of drug-likeness (QED) is 0.783. The zero-order valence-corrected chi connectivity index (χ0v) is 17.8. The molecule has 0 aliphatic carbocycles. The molecule has 0 spiro atoms. The fraction of sp³-hybridized carbons (Fsp3) is 0.684. The molecule has 26 heavy (non-hydrogen) atoms. The normalized spacial score (nSPS) is 15.5. The van der Waals surface area contributed by atoms with Gasteiger partial charge in [0.25, 0.3) is 5.91 Å². The third-order valence-electron chi connectivity index (χ3n) is 4.93. The number of hydrogen-bond acceptors (Lipinski definition) is 4. The lowest BCUT2D eigenvalue weighted by atomic mass is 10.0. The third-order valence-corrected chi connectivity index (χ3v) is 4.93. The van der Waals surface area contributed by atoms with Crippen molar-refractivity contribution in [1.82, 2.24) is 9.88 Å². The van der Waals surface area contributed by atoms with Crippen molar-refractivity contribution in [3.05, 3.63) is 23.9 Å². The van der Waals surface area contributed by atoms with Gasteiger partial charge in [-0.05, 0) is 37.3 Å². The van der Waals surface area contributed by atoms with Crippen molar-refractivity contribution in [1.29, 1.82) is 0 Å². The lowest BCUT2D eigenvalue weighted by Crippen LogP contribution is -2.34. The minimum atomic E-state index is 0. The predicted molar refractivity (Wildman–Crippen MR) is 114 cm³/mol. The maximum absolute atomic E-state index is 12.5. The molecule has 1 aliphatic rings. The molecule has 0 saturated carbocycles. The molecule has 1 saturated heterocycles. The Morgan fingerprint density at radius 2 is 1.81 bits per heavy atom. The largest absolute Gasteiger partial charge is 0.357 e. The van der Waals surface area contributed by atoms with Gasteiger partial charge in [-0.1, -0.05) is 26.7 Å². The van der Waals surface area contributed by atoms with Crippen LogP contribution in [-0.2, 0) is 0 Å². The van der Waals surface area contributed by atoms with E-state index in [0.29, 0.717) is 18.0 Å². The number of carbonyl (C=O) groups excluding carboxylic acids is 1. The minimum absolute atomic E-state index is 0. The summed E-state index contributed by atoms with van der Waals surface area (Å²) in [4.78, 5) is 21.1. The van der Waals surface area contributed by atoms with Crippen LogP contribution in [0.1, 0.15) is 56.3 Å². The first-order chi connectivity index (χ1) is 11.5. The van der Waals surface area contributed by atoms with E-state index >= 15 is 0 Å². The van der Waals surface area contributed by atoms with Crippen molar-refractivity contribution in [3.63, 3.8) is 0 Å². The zero-order valence-electron chi connectivity index (χ0n) is 16.2. The highest BCUT2D eigenvalue weighted by Crippen LogP contribution is 2.18. The number of nitrogens with two attached hydrogens (primary N) is 1. The Balaban J connectivity index is 0.00000312. The second-order valence-electron chi connectivity index (χ2n) is 7.23. The van der Waals surface area contributed by atoms with Crippen LogP contribution in [0.2, 0.25) is 0 Å². The van der Waals surface area contributed by atoms with E-state index in [1.165, 1.54) is 25.7 Å². The van der Waals surface area contributed by atoms with E-state index in [2.05, 4.69) is 23.7 Å². The molecule has 2 rings (SSSR count). The van der Waals surface area contributed by atoms with Gasteiger partial charge in [0.15, 0.2) is 0 Å². The van der Waals surface area contributed by atoms with E-state index in [1.807, 2.05) is 19.2 Å². The van der Waals surface area contributed by atoms with Crippen LogP contribution in [-0.4, -0.2) is 48.5 Å². The number of pyridine rings is 1.